The van der Waals surface area contributed by atoms with Gasteiger partial charge < -0.3 is 10.1 Å². The van der Waals surface area contributed by atoms with Crippen molar-refractivity contribution in [1.82, 2.24) is 0 Å². The van der Waals surface area contributed by atoms with Crippen molar-refractivity contribution in [2.45, 2.75) is 11.8 Å². The Hall–Kier alpha value is -3.56. The van der Waals surface area contributed by atoms with Crippen LogP contribution < -0.4 is 19.3 Å². The number of carbonyl (C=O) groups excluding carboxylic acids is 2. The molecular formula is C24H22ClN3O5S. The number of fused-ring (bicyclic) bond motifs is 1. The highest BCUT2D eigenvalue weighted by Crippen LogP contribution is 2.31. The Morgan fingerprint density at radius 2 is 1.74 bits per heavy atom. The quantitative estimate of drug-likeness (QED) is 0.531. The number of hydrogen-bond acceptors (Lipinski definition) is 5. The minimum atomic E-state index is -4.13. The monoisotopic (exact) mass is 499 g/mol. The lowest BCUT2D eigenvalue weighted by atomic mass is 10.2. The van der Waals surface area contributed by atoms with Gasteiger partial charge in [0.1, 0.15) is 18.8 Å². The fraction of sp³-hybridized carbons (Fsp3) is 0.167. The Bertz CT molecular complexity index is 1310. The highest BCUT2D eigenvalue weighted by molar-refractivity contribution is 7.92. The lowest BCUT2D eigenvalue weighted by molar-refractivity contribution is -0.121. The van der Waals surface area contributed by atoms with Crippen molar-refractivity contribution >= 4 is 50.5 Å². The van der Waals surface area contributed by atoms with Crippen LogP contribution in [0.4, 0.5) is 17.1 Å². The van der Waals surface area contributed by atoms with Crippen LogP contribution in [0.15, 0.2) is 77.7 Å². The number of sulfonamides is 1. The van der Waals surface area contributed by atoms with Gasteiger partial charge in [-0.05, 0) is 67.6 Å². The van der Waals surface area contributed by atoms with Gasteiger partial charge in [-0.1, -0.05) is 23.7 Å². The SMILES string of the molecule is CCOc1ccc(N(CC(=O)N2CC(=O)Nc3ccccc32)S(=O)(=O)c2ccc(Cl)cc2)cc1. The van der Waals surface area contributed by atoms with E-state index in [1.165, 1.54) is 29.2 Å². The molecule has 0 bridgehead atoms. The highest BCUT2D eigenvalue weighted by Gasteiger charge is 2.32. The van der Waals surface area contributed by atoms with E-state index in [0.717, 1.165) is 4.31 Å². The third-order valence-corrected chi connectivity index (χ3v) is 7.23. The summed E-state index contributed by atoms with van der Waals surface area (Å²) >= 11 is 5.93. The van der Waals surface area contributed by atoms with Crippen LogP contribution in [0.1, 0.15) is 6.92 Å². The number of nitrogens with one attached hydrogen (secondary N) is 1. The van der Waals surface area contributed by atoms with Gasteiger partial charge in [-0.25, -0.2) is 8.42 Å². The lowest BCUT2D eigenvalue weighted by Gasteiger charge is -2.32. The predicted octanol–water partition coefficient (Wildman–Crippen LogP) is 3.92. The molecule has 0 saturated carbocycles. The summed E-state index contributed by atoms with van der Waals surface area (Å²) in [5.74, 6) is -0.336. The molecule has 1 aliphatic rings. The maximum absolute atomic E-state index is 13.6. The second-order valence-corrected chi connectivity index (χ2v) is 9.74. The van der Waals surface area contributed by atoms with Crippen LogP contribution in [0.2, 0.25) is 5.02 Å². The van der Waals surface area contributed by atoms with Crippen molar-refractivity contribution in [3.63, 3.8) is 0 Å². The molecule has 0 aliphatic carbocycles. The third kappa shape index (κ3) is 4.85. The standard InChI is InChI=1S/C24H22ClN3O5S/c1-2-33-19-11-9-18(10-12-19)28(34(31,32)20-13-7-17(25)8-14-20)16-24(30)27-15-23(29)26-21-5-3-4-6-22(21)27/h3-14H,2,15-16H2,1H3,(H,26,29). The number of carbonyl (C=O) groups is 2. The molecule has 0 radical (unpaired) electrons. The highest BCUT2D eigenvalue weighted by atomic mass is 35.5. The van der Waals surface area contributed by atoms with Crippen molar-refractivity contribution in [1.29, 1.82) is 0 Å². The summed E-state index contributed by atoms with van der Waals surface area (Å²) in [4.78, 5) is 26.8. The fourth-order valence-corrected chi connectivity index (χ4v) is 5.13. The Labute approximate surface area is 202 Å². The topological polar surface area (TPSA) is 96.0 Å². The van der Waals surface area contributed by atoms with E-state index in [0.29, 0.717) is 28.8 Å². The average molecular weight is 500 g/mol. The first kappa shape index (κ1) is 23.6. The molecule has 176 valence electrons. The number of para-hydroxylation sites is 2. The first-order chi connectivity index (χ1) is 16.3. The number of nitrogens with zero attached hydrogens (tertiary/aromatic N) is 2. The summed E-state index contributed by atoms with van der Waals surface area (Å²) < 4.78 is 33.6. The molecule has 3 aromatic carbocycles. The first-order valence-corrected chi connectivity index (χ1v) is 12.3. The number of amides is 2. The summed E-state index contributed by atoms with van der Waals surface area (Å²) in [5, 5.41) is 3.11. The number of benzene rings is 3. The number of hydrogen-bond donors (Lipinski definition) is 1. The van der Waals surface area contributed by atoms with E-state index in [2.05, 4.69) is 5.32 Å². The van der Waals surface area contributed by atoms with E-state index in [1.54, 1.807) is 48.5 Å². The molecule has 1 N–H and O–H groups in total. The van der Waals surface area contributed by atoms with Crippen molar-refractivity contribution in [3.8, 4) is 5.75 Å². The molecule has 4 rings (SSSR count). The number of rotatable bonds is 7. The smallest absolute Gasteiger partial charge is 0.264 e. The molecule has 0 spiro atoms. The molecule has 0 saturated heterocycles. The van der Waals surface area contributed by atoms with E-state index in [9.17, 15) is 18.0 Å². The van der Waals surface area contributed by atoms with E-state index in [4.69, 9.17) is 16.3 Å². The van der Waals surface area contributed by atoms with Gasteiger partial charge in [-0.2, -0.15) is 0 Å². The summed E-state index contributed by atoms with van der Waals surface area (Å²) in [6, 6.07) is 19.0. The molecule has 2 amide bonds. The Morgan fingerprint density at radius 3 is 2.41 bits per heavy atom. The second-order valence-electron chi connectivity index (χ2n) is 7.44. The van der Waals surface area contributed by atoms with Gasteiger partial charge in [-0.3, -0.25) is 18.8 Å². The molecule has 1 heterocycles. The molecule has 0 aromatic heterocycles. The fourth-order valence-electron chi connectivity index (χ4n) is 3.59. The summed E-state index contributed by atoms with van der Waals surface area (Å²) in [7, 11) is -4.13. The van der Waals surface area contributed by atoms with E-state index in [-0.39, 0.29) is 23.0 Å². The number of ether oxygens (including phenoxy) is 1. The van der Waals surface area contributed by atoms with E-state index in [1.807, 2.05) is 6.92 Å². The van der Waals surface area contributed by atoms with Gasteiger partial charge >= 0.3 is 0 Å². The van der Waals surface area contributed by atoms with Gasteiger partial charge in [-0.15, -0.1) is 0 Å². The Morgan fingerprint density at radius 1 is 1.06 bits per heavy atom. The Kier molecular flexibility index (Phi) is 6.76. The zero-order valence-corrected chi connectivity index (χ0v) is 19.8. The van der Waals surface area contributed by atoms with Crippen molar-refractivity contribution < 1.29 is 22.7 Å². The van der Waals surface area contributed by atoms with Crippen LogP contribution in [0.25, 0.3) is 0 Å². The summed E-state index contributed by atoms with van der Waals surface area (Å²) in [6.07, 6.45) is 0. The maximum Gasteiger partial charge on any atom is 0.264 e. The molecule has 0 atom stereocenters. The van der Waals surface area contributed by atoms with Gasteiger partial charge in [0.25, 0.3) is 10.0 Å². The zero-order valence-electron chi connectivity index (χ0n) is 18.3. The van der Waals surface area contributed by atoms with Gasteiger partial charge in [0, 0.05) is 5.02 Å². The van der Waals surface area contributed by atoms with E-state index < -0.39 is 22.5 Å². The normalized spacial score (nSPS) is 13.1. The van der Waals surface area contributed by atoms with Crippen molar-refractivity contribution in [3.05, 3.63) is 77.8 Å². The molecule has 1 aliphatic heterocycles. The molecule has 10 heteroatoms. The molecular weight excluding hydrogens is 478 g/mol. The van der Waals surface area contributed by atoms with Crippen LogP contribution in [-0.4, -0.2) is 39.9 Å². The minimum Gasteiger partial charge on any atom is -0.494 e. The molecule has 34 heavy (non-hydrogen) atoms. The van der Waals surface area contributed by atoms with Gasteiger partial charge in [0.2, 0.25) is 11.8 Å². The van der Waals surface area contributed by atoms with Crippen LogP contribution in [0, 0.1) is 0 Å². The second kappa shape index (κ2) is 9.74. The maximum atomic E-state index is 13.6. The predicted molar refractivity (Wildman–Crippen MR) is 131 cm³/mol. The van der Waals surface area contributed by atoms with Gasteiger partial charge in [0.05, 0.1) is 28.6 Å². The molecule has 0 unspecified atom stereocenters. The van der Waals surface area contributed by atoms with Crippen LogP contribution >= 0.6 is 11.6 Å². The molecule has 8 nitrogen and oxygen atoms in total. The van der Waals surface area contributed by atoms with Crippen molar-refractivity contribution in [2.24, 2.45) is 0 Å². The summed E-state index contributed by atoms with van der Waals surface area (Å²) in [6.45, 7) is 1.58. The zero-order chi connectivity index (χ0) is 24.3. The molecule has 3 aromatic rings. The van der Waals surface area contributed by atoms with Gasteiger partial charge in [0.15, 0.2) is 0 Å². The number of anilines is 3. The molecule has 0 fully saturated rings. The van der Waals surface area contributed by atoms with Crippen LogP contribution in [0.5, 0.6) is 5.75 Å². The summed E-state index contributed by atoms with van der Waals surface area (Å²) in [5.41, 5.74) is 1.27. The Balaban J connectivity index is 1.72. The minimum absolute atomic E-state index is 0.0182. The first-order valence-electron chi connectivity index (χ1n) is 10.5. The van der Waals surface area contributed by atoms with Crippen molar-refractivity contribution in [2.75, 3.05) is 34.2 Å². The lowest BCUT2D eigenvalue weighted by Crippen LogP contribution is -2.48. The van der Waals surface area contributed by atoms with Crippen LogP contribution in [0.3, 0.4) is 0 Å². The largest absolute Gasteiger partial charge is 0.494 e. The third-order valence-electron chi connectivity index (χ3n) is 5.19. The van der Waals surface area contributed by atoms with Crippen LogP contribution in [-0.2, 0) is 19.6 Å². The average Bonchev–Trinajstić information content (AvgIpc) is 2.83. The number of halogens is 1. The van der Waals surface area contributed by atoms with E-state index >= 15 is 0 Å².